The smallest absolute Gasteiger partial charge is 0.267 e. The first-order chi connectivity index (χ1) is 11.2. The average Bonchev–Trinajstić information content (AvgIpc) is 3.16. The van der Waals surface area contributed by atoms with Gasteiger partial charge in [0, 0.05) is 16.9 Å². The summed E-state index contributed by atoms with van der Waals surface area (Å²) >= 11 is 0. The third-order valence-electron chi connectivity index (χ3n) is 4.46. The highest BCUT2D eigenvalue weighted by atomic mass is 16.5. The monoisotopic (exact) mass is 306 g/mol. The third-order valence-corrected chi connectivity index (χ3v) is 4.46. The fraction of sp³-hybridized carbons (Fsp3) is 0.211. The Morgan fingerprint density at radius 2 is 1.87 bits per heavy atom. The summed E-state index contributed by atoms with van der Waals surface area (Å²) in [5.74, 6) is 0.729. The van der Waals surface area contributed by atoms with Crippen molar-refractivity contribution in [3.63, 3.8) is 0 Å². The number of amides is 1. The van der Waals surface area contributed by atoms with Gasteiger partial charge in [-0.15, -0.1) is 0 Å². The van der Waals surface area contributed by atoms with E-state index in [0.717, 1.165) is 29.5 Å². The summed E-state index contributed by atoms with van der Waals surface area (Å²) in [7, 11) is 1.64. The van der Waals surface area contributed by atoms with Gasteiger partial charge in [-0.25, -0.2) is 0 Å². The number of methoxy groups -OCH3 is 1. The largest absolute Gasteiger partial charge is 0.497 e. The minimum Gasteiger partial charge on any atom is -0.497 e. The number of hydrogen-bond acceptors (Lipinski definition) is 2. The third kappa shape index (κ3) is 2.57. The molecular weight excluding hydrogens is 288 g/mol. The second-order valence-corrected chi connectivity index (χ2v) is 5.98. The molecule has 1 amide bonds. The summed E-state index contributed by atoms with van der Waals surface area (Å²) in [4.78, 5) is 15.7. The Morgan fingerprint density at radius 1 is 1.13 bits per heavy atom. The molecule has 1 aromatic heterocycles. The van der Waals surface area contributed by atoms with Crippen LogP contribution in [0.25, 0.3) is 10.9 Å². The first-order valence-electron chi connectivity index (χ1n) is 7.77. The molecule has 116 valence electrons. The second-order valence-electron chi connectivity index (χ2n) is 5.98. The maximum absolute atomic E-state index is 12.5. The van der Waals surface area contributed by atoms with Crippen LogP contribution >= 0.6 is 0 Å². The van der Waals surface area contributed by atoms with Gasteiger partial charge in [-0.2, -0.15) is 0 Å². The van der Waals surface area contributed by atoms with E-state index in [4.69, 9.17) is 4.74 Å². The standard InChI is InChI=1S/C19H18N2O2/c1-23-16-6-7-17-14(10-16)11-18(21-17)19(22)20-15-8-12-4-2-3-5-13(12)9-15/h2-7,10-11,15,21H,8-9H2,1H3,(H,20,22). The van der Waals surface area contributed by atoms with Crippen molar-refractivity contribution in [2.24, 2.45) is 0 Å². The Morgan fingerprint density at radius 3 is 2.57 bits per heavy atom. The van der Waals surface area contributed by atoms with Crippen LogP contribution in [0.5, 0.6) is 5.75 Å². The highest BCUT2D eigenvalue weighted by Gasteiger charge is 2.23. The molecule has 3 aromatic rings. The molecule has 0 radical (unpaired) electrons. The van der Waals surface area contributed by atoms with Crippen molar-refractivity contribution in [3.8, 4) is 5.75 Å². The van der Waals surface area contributed by atoms with Crippen molar-refractivity contribution >= 4 is 16.8 Å². The molecule has 2 N–H and O–H groups in total. The summed E-state index contributed by atoms with van der Waals surface area (Å²) in [6.07, 6.45) is 1.80. The molecular formula is C19H18N2O2. The maximum atomic E-state index is 12.5. The molecule has 0 fully saturated rings. The lowest BCUT2D eigenvalue weighted by Crippen LogP contribution is -2.35. The van der Waals surface area contributed by atoms with E-state index in [1.54, 1.807) is 7.11 Å². The van der Waals surface area contributed by atoms with Crippen LogP contribution in [0.4, 0.5) is 0 Å². The van der Waals surface area contributed by atoms with Gasteiger partial charge in [0.1, 0.15) is 11.4 Å². The molecule has 0 saturated carbocycles. The molecule has 0 unspecified atom stereocenters. The molecule has 1 aliphatic carbocycles. The van der Waals surface area contributed by atoms with Crippen molar-refractivity contribution in [2.45, 2.75) is 18.9 Å². The zero-order chi connectivity index (χ0) is 15.8. The van der Waals surface area contributed by atoms with Crippen molar-refractivity contribution < 1.29 is 9.53 Å². The Bertz CT molecular complexity index is 857. The Labute approximate surface area is 134 Å². The van der Waals surface area contributed by atoms with Crippen LogP contribution in [-0.2, 0) is 12.8 Å². The molecule has 4 heteroatoms. The first kappa shape index (κ1) is 13.9. The number of nitrogens with one attached hydrogen (secondary N) is 2. The van der Waals surface area contributed by atoms with Crippen LogP contribution < -0.4 is 10.1 Å². The molecule has 4 rings (SSSR count). The van der Waals surface area contributed by atoms with Gasteiger partial charge in [0.05, 0.1) is 7.11 Å². The summed E-state index contributed by atoms with van der Waals surface area (Å²) in [5.41, 5.74) is 4.19. The van der Waals surface area contributed by atoms with Crippen molar-refractivity contribution in [1.29, 1.82) is 0 Å². The van der Waals surface area contributed by atoms with E-state index in [9.17, 15) is 4.79 Å². The predicted octanol–water partition coefficient (Wildman–Crippen LogP) is 3.07. The summed E-state index contributed by atoms with van der Waals surface area (Å²) in [5, 5.41) is 4.11. The number of ether oxygens (including phenoxy) is 1. The van der Waals surface area contributed by atoms with Gasteiger partial charge in [-0.3, -0.25) is 4.79 Å². The Hall–Kier alpha value is -2.75. The number of hydrogen-bond donors (Lipinski definition) is 2. The Kier molecular flexibility index (Phi) is 3.30. The topological polar surface area (TPSA) is 54.1 Å². The van der Waals surface area contributed by atoms with Gasteiger partial charge >= 0.3 is 0 Å². The average molecular weight is 306 g/mol. The molecule has 23 heavy (non-hydrogen) atoms. The zero-order valence-corrected chi connectivity index (χ0v) is 12.9. The van der Waals surface area contributed by atoms with Gasteiger partial charge in [0.25, 0.3) is 5.91 Å². The van der Waals surface area contributed by atoms with Crippen molar-refractivity contribution in [3.05, 3.63) is 65.4 Å². The van der Waals surface area contributed by atoms with Crippen LogP contribution in [0.15, 0.2) is 48.5 Å². The van der Waals surface area contributed by atoms with E-state index in [1.165, 1.54) is 11.1 Å². The molecule has 0 saturated heterocycles. The molecule has 0 spiro atoms. The van der Waals surface area contributed by atoms with Gasteiger partial charge < -0.3 is 15.0 Å². The SMILES string of the molecule is COc1ccc2[nH]c(C(=O)NC3Cc4ccccc4C3)cc2c1. The number of carbonyl (C=O) groups excluding carboxylic acids is 1. The molecule has 2 aromatic carbocycles. The van der Waals surface area contributed by atoms with Crippen LogP contribution in [0.1, 0.15) is 21.6 Å². The number of fused-ring (bicyclic) bond motifs is 2. The molecule has 1 heterocycles. The van der Waals surface area contributed by atoms with Crippen LogP contribution in [0.3, 0.4) is 0 Å². The van der Waals surface area contributed by atoms with E-state index in [1.807, 2.05) is 36.4 Å². The minimum absolute atomic E-state index is 0.0574. The van der Waals surface area contributed by atoms with Gasteiger partial charge in [-0.05, 0) is 48.2 Å². The van der Waals surface area contributed by atoms with E-state index >= 15 is 0 Å². The second kappa shape index (κ2) is 5.47. The predicted molar refractivity (Wildman–Crippen MR) is 90.0 cm³/mol. The number of aromatic nitrogens is 1. The van der Waals surface area contributed by atoms with E-state index in [2.05, 4.69) is 22.4 Å². The van der Waals surface area contributed by atoms with Crippen molar-refractivity contribution in [2.75, 3.05) is 7.11 Å². The zero-order valence-electron chi connectivity index (χ0n) is 12.9. The number of rotatable bonds is 3. The minimum atomic E-state index is -0.0574. The molecule has 1 aliphatic rings. The van der Waals surface area contributed by atoms with Crippen molar-refractivity contribution in [1.82, 2.24) is 10.3 Å². The number of carbonyl (C=O) groups is 1. The van der Waals surface area contributed by atoms with Crippen LogP contribution in [0, 0.1) is 0 Å². The number of H-pyrrole nitrogens is 1. The van der Waals surface area contributed by atoms with E-state index in [0.29, 0.717) is 5.69 Å². The highest BCUT2D eigenvalue weighted by molar-refractivity contribution is 5.98. The van der Waals surface area contributed by atoms with Gasteiger partial charge in [-0.1, -0.05) is 24.3 Å². The van der Waals surface area contributed by atoms with Gasteiger partial charge in [0.15, 0.2) is 0 Å². The lowest BCUT2D eigenvalue weighted by atomic mass is 10.1. The maximum Gasteiger partial charge on any atom is 0.267 e. The van der Waals surface area contributed by atoms with Gasteiger partial charge in [0.2, 0.25) is 0 Å². The summed E-state index contributed by atoms with van der Waals surface area (Å²) in [6, 6.07) is 16.1. The first-order valence-corrected chi connectivity index (χ1v) is 7.77. The normalized spacial score (nSPS) is 14.0. The fourth-order valence-corrected chi connectivity index (χ4v) is 3.28. The fourth-order valence-electron chi connectivity index (χ4n) is 3.28. The van der Waals surface area contributed by atoms with E-state index in [-0.39, 0.29) is 11.9 Å². The van der Waals surface area contributed by atoms with Crippen LogP contribution in [-0.4, -0.2) is 24.0 Å². The molecule has 4 nitrogen and oxygen atoms in total. The van der Waals surface area contributed by atoms with Crippen LogP contribution in [0.2, 0.25) is 0 Å². The number of aromatic amines is 1. The quantitative estimate of drug-likeness (QED) is 0.781. The molecule has 0 aliphatic heterocycles. The summed E-state index contributed by atoms with van der Waals surface area (Å²) < 4.78 is 5.22. The lowest BCUT2D eigenvalue weighted by molar-refractivity contribution is 0.0934. The molecule has 0 bridgehead atoms. The highest BCUT2D eigenvalue weighted by Crippen LogP contribution is 2.23. The lowest BCUT2D eigenvalue weighted by Gasteiger charge is -2.10. The number of benzene rings is 2. The Balaban J connectivity index is 1.51. The van der Waals surface area contributed by atoms with E-state index < -0.39 is 0 Å². The molecule has 0 atom stereocenters. The summed E-state index contributed by atoms with van der Waals surface area (Å²) in [6.45, 7) is 0.